The van der Waals surface area contributed by atoms with Gasteiger partial charge < -0.3 is 19.9 Å². The third kappa shape index (κ3) is 3.76. The molecule has 1 fully saturated rings. The van der Waals surface area contributed by atoms with Crippen LogP contribution in [-0.4, -0.2) is 48.1 Å². The van der Waals surface area contributed by atoms with Crippen LogP contribution in [0.1, 0.15) is 61.1 Å². The second-order valence-electron chi connectivity index (χ2n) is 7.14. The lowest BCUT2D eigenvalue weighted by atomic mass is 10.1. The third-order valence-corrected chi connectivity index (χ3v) is 5.14. The van der Waals surface area contributed by atoms with Gasteiger partial charge in [-0.25, -0.2) is 9.78 Å². The molecule has 7 nitrogen and oxygen atoms in total. The SMILES string of the molecule is CCCCOC(=O)N(C)Cc1nc(N2CCC[C@H]2C)cc2c1CNC2=O. The highest BCUT2D eigenvalue weighted by Gasteiger charge is 2.29. The van der Waals surface area contributed by atoms with Crippen molar-refractivity contribution in [3.63, 3.8) is 0 Å². The van der Waals surface area contributed by atoms with Crippen molar-refractivity contribution in [3.8, 4) is 0 Å². The first kappa shape index (κ1) is 18.5. The molecular weight excluding hydrogens is 332 g/mol. The number of nitrogens with one attached hydrogen (secondary N) is 1. The summed E-state index contributed by atoms with van der Waals surface area (Å²) < 4.78 is 5.27. The zero-order chi connectivity index (χ0) is 18.7. The van der Waals surface area contributed by atoms with Crippen LogP contribution in [0.15, 0.2) is 6.07 Å². The van der Waals surface area contributed by atoms with Crippen molar-refractivity contribution in [2.24, 2.45) is 0 Å². The monoisotopic (exact) mass is 360 g/mol. The van der Waals surface area contributed by atoms with E-state index in [1.807, 2.05) is 6.07 Å². The van der Waals surface area contributed by atoms with Crippen LogP contribution >= 0.6 is 0 Å². The summed E-state index contributed by atoms with van der Waals surface area (Å²) in [6.45, 7) is 6.40. The van der Waals surface area contributed by atoms with Gasteiger partial charge in [0.25, 0.3) is 5.91 Å². The zero-order valence-electron chi connectivity index (χ0n) is 15.9. The van der Waals surface area contributed by atoms with E-state index >= 15 is 0 Å². The van der Waals surface area contributed by atoms with E-state index in [2.05, 4.69) is 24.1 Å². The molecule has 1 aromatic heterocycles. The topological polar surface area (TPSA) is 74.8 Å². The normalized spacial score (nSPS) is 18.7. The Morgan fingerprint density at radius 2 is 2.31 bits per heavy atom. The summed E-state index contributed by atoms with van der Waals surface area (Å²) in [6, 6.07) is 2.30. The number of unbranched alkanes of at least 4 members (excludes halogenated alkanes) is 1. The highest BCUT2D eigenvalue weighted by molar-refractivity contribution is 5.99. The van der Waals surface area contributed by atoms with Crippen LogP contribution in [-0.2, 0) is 17.8 Å². The molecule has 1 aromatic rings. The number of aromatic nitrogens is 1. The van der Waals surface area contributed by atoms with Crippen LogP contribution in [0.5, 0.6) is 0 Å². The van der Waals surface area contributed by atoms with Crippen molar-refractivity contribution in [1.29, 1.82) is 0 Å². The van der Waals surface area contributed by atoms with Gasteiger partial charge in [0.15, 0.2) is 0 Å². The molecule has 2 aliphatic rings. The van der Waals surface area contributed by atoms with Crippen LogP contribution in [0.25, 0.3) is 0 Å². The number of anilines is 1. The number of rotatable bonds is 6. The standard InChI is InChI=1S/C19H28N4O3/c1-4-5-9-26-19(25)22(3)12-16-15-11-20-18(24)14(15)10-17(21-16)23-8-6-7-13(23)2/h10,13H,4-9,11-12H2,1-3H3,(H,20,24)/t13-/m1/s1. The number of pyridine rings is 1. The summed E-state index contributed by atoms with van der Waals surface area (Å²) in [7, 11) is 1.71. The average molecular weight is 360 g/mol. The van der Waals surface area contributed by atoms with Crippen molar-refractivity contribution >= 4 is 17.8 Å². The van der Waals surface area contributed by atoms with Gasteiger partial charge in [0.1, 0.15) is 5.82 Å². The van der Waals surface area contributed by atoms with E-state index in [-0.39, 0.29) is 12.0 Å². The molecule has 142 valence electrons. The van der Waals surface area contributed by atoms with Gasteiger partial charge in [-0.15, -0.1) is 0 Å². The lowest BCUT2D eigenvalue weighted by Gasteiger charge is -2.25. The van der Waals surface area contributed by atoms with Gasteiger partial charge >= 0.3 is 6.09 Å². The number of hydrogen-bond acceptors (Lipinski definition) is 5. The smallest absolute Gasteiger partial charge is 0.409 e. The van der Waals surface area contributed by atoms with Crippen molar-refractivity contribution in [1.82, 2.24) is 15.2 Å². The lowest BCUT2D eigenvalue weighted by Crippen LogP contribution is -2.30. The third-order valence-electron chi connectivity index (χ3n) is 5.14. The summed E-state index contributed by atoms with van der Waals surface area (Å²) in [5, 5.41) is 2.87. The maximum Gasteiger partial charge on any atom is 0.409 e. The Morgan fingerprint density at radius 1 is 1.50 bits per heavy atom. The van der Waals surface area contributed by atoms with E-state index in [4.69, 9.17) is 9.72 Å². The van der Waals surface area contributed by atoms with Crippen molar-refractivity contribution in [3.05, 3.63) is 22.9 Å². The van der Waals surface area contributed by atoms with E-state index in [0.717, 1.165) is 49.3 Å². The second kappa shape index (κ2) is 7.93. The first-order chi connectivity index (χ1) is 12.5. The molecule has 0 aliphatic carbocycles. The maximum absolute atomic E-state index is 12.2. The lowest BCUT2D eigenvalue weighted by molar-refractivity contribution is 0.0965. The Balaban J connectivity index is 1.81. The molecule has 1 atom stereocenters. The zero-order valence-corrected chi connectivity index (χ0v) is 15.9. The first-order valence-electron chi connectivity index (χ1n) is 9.46. The number of amides is 2. The van der Waals surface area contributed by atoms with Gasteiger partial charge in [0, 0.05) is 37.3 Å². The molecular formula is C19H28N4O3. The molecule has 26 heavy (non-hydrogen) atoms. The summed E-state index contributed by atoms with van der Waals surface area (Å²) in [5.74, 6) is 0.762. The Kier molecular flexibility index (Phi) is 5.64. The van der Waals surface area contributed by atoms with Crippen LogP contribution in [0.2, 0.25) is 0 Å². The van der Waals surface area contributed by atoms with E-state index in [9.17, 15) is 9.59 Å². The number of ether oxygens (including phenoxy) is 1. The number of fused-ring (bicyclic) bond motifs is 1. The maximum atomic E-state index is 12.2. The van der Waals surface area contributed by atoms with E-state index < -0.39 is 0 Å². The van der Waals surface area contributed by atoms with Crippen molar-refractivity contribution in [2.75, 3.05) is 25.1 Å². The van der Waals surface area contributed by atoms with E-state index in [1.165, 1.54) is 4.90 Å². The van der Waals surface area contributed by atoms with Crippen LogP contribution < -0.4 is 10.2 Å². The molecule has 0 aromatic carbocycles. The largest absolute Gasteiger partial charge is 0.449 e. The summed E-state index contributed by atoms with van der Waals surface area (Å²) in [4.78, 5) is 32.9. The molecule has 3 rings (SSSR count). The predicted octanol–water partition coefficient (Wildman–Crippen LogP) is 2.68. The van der Waals surface area contributed by atoms with Gasteiger partial charge in [-0.3, -0.25) is 4.79 Å². The molecule has 0 spiro atoms. The number of hydrogen-bond donors (Lipinski definition) is 1. The van der Waals surface area contributed by atoms with Crippen LogP contribution in [0, 0.1) is 0 Å². The van der Waals surface area contributed by atoms with Gasteiger partial charge in [-0.2, -0.15) is 0 Å². The molecule has 3 heterocycles. The minimum atomic E-state index is -0.355. The number of nitrogens with zero attached hydrogens (tertiary/aromatic N) is 3. The van der Waals surface area contributed by atoms with Gasteiger partial charge in [-0.1, -0.05) is 13.3 Å². The summed E-state index contributed by atoms with van der Waals surface area (Å²) >= 11 is 0. The fraction of sp³-hybridized carbons (Fsp3) is 0.632. The number of carbonyl (C=O) groups is 2. The Hall–Kier alpha value is -2.31. The average Bonchev–Trinajstić information content (AvgIpc) is 3.21. The van der Waals surface area contributed by atoms with Crippen molar-refractivity contribution < 1.29 is 14.3 Å². The molecule has 7 heteroatoms. The molecule has 0 saturated carbocycles. The Labute approximate surface area is 154 Å². The van der Waals surface area contributed by atoms with E-state index in [0.29, 0.717) is 31.3 Å². The van der Waals surface area contributed by atoms with Gasteiger partial charge in [0.05, 0.1) is 18.8 Å². The van der Waals surface area contributed by atoms with Crippen LogP contribution in [0.4, 0.5) is 10.6 Å². The molecule has 1 saturated heterocycles. The molecule has 0 unspecified atom stereocenters. The predicted molar refractivity (Wildman–Crippen MR) is 99.2 cm³/mol. The minimum absolute atomic E-state index is 0.0649. The summed E-state index contributed by atoms with van der Waals surface area (Å²) in [5.41, 5.74) is 2.33. The first-order valence-corrected chi connectivity index (χ1v) is 9.46. The number of carbonyl (C=O) groups excluding carboxylic acids is 2. The molecule has 2 amide bonds. The molecule has 0 bridgehead atoms. The molecule has 1 N–H and O–H groups in total. The van der Waals surface area contributed by atoms with E-state index in [1.54, 1.807) is 7.05 Å². The fourth-order valence-corrected chi connectivity index (χ4v) is 3.53. The second-order valence-corrected chi connectivity index (χ2v) is 7.14. The minimum Gasteiger partial charge on any atom is -0.449 e. The fourth-order valence-electron chi connectivity index (χ4n) is 3.53. The van der Waals surface area contributed by atoms with Gasteiger partial charge in [0.2, 0.25) is 0 Å². The van der Waals surface area contributed by atoms with Crippen molar-refractivity contribution in [2.45, 2.75) is 58.7 Å². The quantitative estimate of drug-likeness (QED) is 0.790. The van der Waals surface area contributed by atoms with Gasteiger partial charge in [-0.05, 0) is 32.3 Å². The molecule has 2 aliphatic heterocycles. The Bertz CT molecular complexity index is 692. The summed E-state index contributed by atoms with van der Waals surface area (Å²) in [6.07, 6.45) is 3.74. The molecule has 0 radical (unpaired) electrons. The highest BCUT2D eigenvalue weighted by atomic mass is 16.6. The Morgan fingerprint density at radius 3 is 3.00 bits per heavy atom. The van der Waals surface area contributed by atoms with Crippen LogP contribution in [0.3, 0.4) is 0 Å². The highest BCUT2D eigenvalue weighted by Crippen LogP contribution is 2.29.